The van der Waals surface area contributed by atoms with Gasteiger partial charge in [-0.05, 0) is 37.9 Å². The van der Waals surface area contributed by atoms with Crippen molar-refractivity contribution in [1.82, 2.24) is 5.06 Å². The van der Waals surface area contributed by atoms with Crippen molar-refractivity contribution in [2.45, 2.75) is 81.9 Å². The maximum Gasteiger partial charge on any atom is 0.274 e. The number of amides is 1. The molecule has 1 aliphatic carbocycles. The Morgan fingerprint density at radius 2 is 1.92 bits per heavy atom. The molecule has 1 amide bonds. The van der Waals surface area contributed by atoms with Gasteiger partial charge in [0.2, 0.25) is 0 Å². The van der Waals surface area contributed by atoms with E-state index in [1.165, 1.54) is 39.2 Å². The quantitative estimate of drug-likeness (QED) is 0.497. The number of hydrogen-bond donors (Lipinski definition) is 1. The molecule has 2 heterocycles. The number of carbonyl (C=O) groups excluding carboxylic acids is 1. The highest BCUT2D eigenvalue weighted by atomic mass is 32.2. The fraction of sp³-hybridized carbons (Fsp3) is 0.947. The Balaban J connectivity index is 1.53. The van der Waals surface area contributed by atoms with Crippen molar-refractivity contribution in [3.63, 3.8) is 0 Å². The first-order valence-corrected chi connectivity index (χ1v) is 11.0. The van der Waals surface area contributed by atoms with Gasteiger partial charge in [0.25, 0.3) is 5.91 Å². The molecule has 144 valence electrons. The normalized spacial score (nSPS) is 33.1. The molecule has 5 nitrogen and oxygen atoms in total. The van der Waals surface area contributed by atoms with E-state index in [1.54, 1.807) is 0 Å². The summed E-state index contributed by atoms with van der Waals surface area (Å²) in [6, 6.07) is 0. The van der Waals surface area contributed by atoms with E-state index in [9.17, 15) is 10.0 Å². The molecule has 0 aromatic rings. The van der Waals surface area contributed by atoms with Crippen molar-refractivity contribution in [1.29, 1.82) is 0 Å². The molecule has 5 unspecified atom stereocenters. The minimum Gasteiger partial charge on any atom is -0.374 e. The number of nitrogens with zero attached hydrogens (tertiary/aromatic N) is 1. The highest BCUT2D eigenvalue weighted by molar-refractivity contribution is 7.99. The zero-order valence-electron chi connectivity index (χ0n) is 15.6. The number of thioether (sulfide) groups is 1. The van der Waals surface area contributed by atoms with Gasteiger partial charge in [0.1, 0.15) is 6.10 Å². The number of rotatable bonds is 9. The van der Waals surface area contributed by atoms with Crippen LogP contribution >= 0.6 is 11.8 Å². The standard InChI is InChI=1S/C19H33NO4S/c1-3-6-18(19(21)20(2)22)23-11-14-15(17-10-9-16(14)24-17)12-25-13-7-4-5-8-13/h13-18,22H,3-12H2,1-2H3. The molecule has 2 bridgehead atoms. The zero-order chi connectivity index (χ0) is 17.8. The molecule has 0 radical (unpaired) electrons. The van der Waals surface area contributed by atoms with Crippen LogP contribution in [0.25, 0.3) is 0 Å². The molecule has 25 heavy (non-hydrogen) atoms. The number of hydrogen-bond acceptors (Lipinski definition) is 5. The van der Waals surface area contributed by atoms with Crippen LogP contribution in [0.2, 0.25) is 0 Å². The molecule has 1 saturated carbocycles. The van der Waals surface area contributed by atoms with Gasteiger partial charge in [0, 0.05) is 24.1 Å². The molecule has 3 rings (SSSR count). The van der Waals surface area contributed by atoms with Crippen LogP contribution in [-0.4, -0.2) is 59.1 Å². The summed E-state index contributed by atoms with van der Waals surface area (Å²) in [6.07, 6.45) is 9.43. The van der Waals surface area contributed by atoms with E-state index in [-0.39, 0.29) is 5.91 Å². The highest BCUT2D eigenvalue weighted by Gasteiger charge is 2.49. The van der Waals surface area contributed by atoms with Gasteiger partial charge in [-0.3, -0.25) is 10.0 Å². The molecule has 2 saturated heterocycles. The van der Waals surface area contributed by atoms with Gasteiger partial charge in [-0.2, -0.15) is 11.8 Å². The van der Waals surface area contributed by atoms with Crippen LogP contribution in [0.1, 0.15) is 58.3 Å². The molecular weight excluding hydrogens is 338 g/mol. The Morgan fingerprint density at radius 1 is 1.24 bits per heavy atom. The highest BCUT2D eigenvalue weighted by Crippen LogP contribution is 2.46. The van der Waals surface area contributed by atoms with Crippen LogP contribution in [0.15, 0.2) is 0 Å². The molecule has 2 aliphatic heterocycles. The Bertz CT molecular complexity index is 441. The fourth-order valence-electron chi connectivity index (χ4n) is 4.61. The lowest BCUT2D eigenvalue weighted by Crippen LogP contribution is -2.39. The lowest BCUT2D eigenvalue weighted by Gasteiger charge is -2.30. The molecule has 3 aliphatic rings. The summed E-state index contributed by atoms with van der Waals surface area (Å²) >= 11 is 2.13. The maximum atomic E-state index is 12.1. The number of carbonyl (C=O) groups is 1. The van der Waals surface area contributed by atoms with Crippen molar-refractivity contribution in [3.05, 3.63) is 0 Å². The Hall–Kier alpha value is -0.300. The van der Waals surface area contributed by atoms with Crippen molar-refractivity contribution in [3.8, 4) is 0 Å². The molecule has 1 N–H and O–H groups in total. The summed E-state index contributed by atoms with van der Waals surface area (Å²) in [6.45, 7) is 2.60. The van der Waals surface area contributed by atoms with Crippen LogP contribution in [0, 0.1) is 11.8 Å². The predicted octanol–water partition coefficient (Wildman–Crippen LogP) is 3.49. The Kier molecular flexibility index (Phi) is 7.06. The van der Waals surface area contributed by atoms with Crippen LogP contribution < -0.4 is 0 Å². The lowest BCUT2D eigenvalue weighted by molar-refractivity contribution is -0.174. The molecule has 3 fully saturated rings. The number of ether oxygens (including phenoxy) is 2. The first-order valence-electron chi connectivity index (χ1n) is 9.95. The number of hydroxylamine groups is 2. The van der Waals surface area contributed by atoms with Crippen molar-refractivity contribution >= 4 is 17.7 Å². The minimum absolute atomic E-state index is 0.295. The first-order chi connectivity index (χ1) is 12.1. The third kappa shape index (κ3) is 4.71. The third-order valence-electron chi connectivity index (χ3n) is 6.05. The van der Waals surface area contributed by atoms with E-state index in [1.807, 2.05) is 6.92 Å². The second-order valence-corrected chi connectivity index (χ2v) is 9.16. The van der Waals surface area contributed by atoms with Gasteiger partial charge in [0.05, 0.1) is 18.8 Å². The van der Waals surface area contributed by atoms with E-state index in [0.717, 1.165) is 23.8 Å². The van der Waals surface area contributed by atoms with Crippen molar-refractivity contribution in [2.24, 2.45) is 11.8 Å². The van der Waals surface area contributed by atoms with Crippen LogP contribution in [-0.2, 0) is 14.3 Å². The van der Waals surface area contributed by atoms with Crippen molar-refractivity contribution in [2.75, 3.05) is 19.4 Å². The van der Waals surface area contributed by atoms with E-state index in [0.29, 0.717) is 42.1 Å². The molecule has 6 heteroatoms. The molecule has 5 atom stereocenters. The Morgan fingerprint density at radius 3 is 2.56 bits per heavy atom. The second-order valence-electron chi connectivity index (χ2n) is 7.83. The van der Waals surface area contributed by atoms with Gasteiger partial charge in [0.15, 0.2) is 0 Å². The largest absolute Gasteiger partial charge is 0.374 e. The van der Waals surface area contributed by atoms with E-state index < -0.39 is 6.10 Å². The van der Waals surface area contributed by atoms with Crippen LogP contribution in [0.4, 0.5) is 0 Å². The maximum absolute atomic E-state index is 12.1. The predicted molar refractivity (Wildman–Crippen MR) is 98.8 cm³/mol. The van der Waals surface area contributed by atoms with Gasteiger partial charge in [-0.25, -0.2) is 5.06 Å². The lowest BCUT2D eigenvalue weighted by atomic mass is 9.81. The summed E-state index contributed by atoms with van der Waals surface area (Å²) < 4.78 is 12.2. The monoisotopic (exact) mass is 371 g/mol. The zero-order valence-corrected chi connectivity index (χ0v) is 16.4. The van der Waals surface area contributed by atoms with E-state index in [2.05, 4.69) is 11.8 Å². The van der Waals surface area contributed by atoms with Gasteiger partial charge in [-0.15, -0.1) is 0 Å². The van der Waals surface area contributed by atoms with E-state index >= 15 is 0 Å². The van der Waals surface area contributed by atoms with Crippen LogP contribution in [0.5, 0.6) is 0 Å². The average Bonchev–Trinajstić information content (AvgIpc) is 3.33. The molecule has 0 aromatic carbocycles. The summed E-state index contributed by atoms with van der Waals surface area (Å²) in [7, 11) is 1.37. The summed E-state index contributed by atoms with van der Waals surface area (Å²) in [5.41, 5.74) is 0. The summed E-state index contributed by atoms with van der Waals surface area (Å²) in [5.74, 6) is 1.76. The minimum atomic E-state index is -0.540. The van der Waals surface area contributed by atoms with Crippen molar-refractivity contribution < 1.29 is 19.5 Å². The topological polar surface area (TPSA) is 59.0 Å². The molecular formula is C19H33NO4S. The first kappa shape index (κ1) is 19.5. The SMILES string of the molecule is CCCC(OCC1C2CCC(O2)C1CSC1CCCC1)C(=O)N(C)O. The van der Waals surface area contributed by atoms with Gasteiger partial charge < -0.3 is 9.47 Å². The fourth-order valence-corrected chi connectivity index (χ4v) is 6.23. The van der Waals surface area contributed by atoms with Crippen LogP contribution in [0.3, 0.4) is 0 Å². The number of fused-ring (bicyclic) bond motifs is 2. The molecule has 0 spiro atoms. The summed E-state index contributed by atoms with van der Waals surface area (Å²) in [4.78, 5) is 12.1. The van der Waals surface area contributed by atoms with E-state index in [4.69, 9.17) is 9.47 Å². The average molecular weight is 372 g/mol. The Labute approximate surface area is 155 Å². The second kappa shape index (κ2) is 9.07. The number of likely N-dealkylation sites (N-methyl/N-ethyl adjacent to an activating group) is 1. The smallest absolute Gasteiger partial charge is 0.274 e. The van der Waals surface area contributed by atoms with Gasteiger partial charge >= 0.3 is 0 Å². The molecule has 0 aromatic heterocycles. The van der Waals surface area contributed by atoms with Gasteiger partial charge in [-0.1, -0.05) is 26.2 Å². The third-order valence-corrected chi connectivity index (χ3v) is 7.57. The summed E-state index contributed by atoms with van der Waals surface area (Å²) in [5, 5.41) is 10.9.